The summed E-state index contributed by atoms with van der Waals surface area (Å²) < 4.78 is 1.12. The van der Waals surface area contributed by atoms with Gasteiger partial charge in [0.05, 0.1) is 8.45 Å². The highest BCUT2D eigenvalue weighted by Crippen LogP contribution is 2.23. The van der Waals surface area contributed by atoms with Crippen LogP contribution in [0.4, 0.5) is 0 Å². The van der Waals surface area contributed by atoms with Crippen molar-refractivity contribution in [2.24, 2.45) is 11.7 Å². The summed E-state index contributed by atoms with van der Waals surface area (Å²) in [4.78, 5) is 24.9. The second-order valence-corrected chi connectivity index (χ2v) is 7.35. The number of halogens is 1. The predicted molar refractivity (Wildman–Crippen MR) is 79.5 cm³/mol. The maximum Gasteiger partial charge on any atom is 0.254 e. The fraction of sp³-hybridized carbons (Fsp3) is 0.500. The van der Waals surface area contributed by atoms with Gasteiger partial charge in [0, 0.05) is 24.9 Å². The molecule has 1 saturated heterocycles. The highest BCUT2D eigenvalue weighted by atomic mass is 127. The Balaban J connectivity index is 1.90. The predicted octanol–water partition coefficient (Wildman–Crippen LogP) is 2.08. The minimum absolute atomic E-state index is 0.103. The van der Waals surface area contributed by atoms with Gasteiger partial charge in [0.1, 0.15) is 0 Å². The Hall–Kier alpha value is -0.630. The fourth-order valence-corrected chi connectivity index (χ4v) is 3.55. The van der Waals surface area contributed by atoms with Crippen LogP contribution in [0.5, 0.6) is 0 Å². The number of carbonyl (C=O) groups excluding carboxylic acids is 2. The number of hydrogen-bond acceptors (Lipinski definition) is 3. The normalized spacial score (nSPS) is 16.8. The highest BCUT2D eigenvalue weighted by Gasteiger charge is 2.24. The lowest BCUT2D eigenvalue weighted by Gasteiger charge is -2.31. The molecule has 1 aliphatic heterocycles. The molecule has 0 radical (unpaired) electrons. The first-order chi connectivity index (χ1) is 8.56. The average Bonchev–Trinajstić information content (AvgIpc) is 2.75. The first-order valence-corrected chi connectivity index (χ1v) is 7.83. The van der Waals surface area contributed by atoms with Crippen LogP contribution >= 0.6 is 33.9 Å². The van der Waals surface area contributed by atoms with Gasteiger partial charge in [0.2, 0.25) is 5.91 Å². The van der Waals surface area contributed by atoms with E-state index < -0.39 is 0 Å². The van der Waals surface area contributed by atoms with Gasteiger partial charge in [-0.1, -0.05) is 0 Å². The standard InChI is InChI=1S/C12H15IN2O2S/c13-10-6-9(7-18-10)12(17)15-3-1-8(2-4-15)5-11(14)16/h6-8H,1-5H2,(H2,14,16). The van der Waals surface area contributed by atoms with E-state index in [-0.39, 0.29) is 11.8 Å². The van der Waals surface area contributed by atoms with Crippen molar-refractivity contribution in [3.8, 4) is 0 Å². The molecule has 1 aromatic rings. The molecule has 1 aromatic heterocycles. The van der Waals surface area contributed by atoms with E-state index in [2.05, 4.69) is 22.6 Å². The molecular formula is C12H15IN2O2S. The largest absolute Gasteiger partial charge is 0.370 e. The molecule has 1 aliphatic rings. The SMILES string of the molecule is NC(=O)CC1CCN(C(=O)c2csc(I)c2)CC1. The Labute approximate surface area is 124 Å². The van der Waals surface area contributed by atoms with E-state index in [0.717, 1.165) is 34.4 Å². The summed E-state index contributed by atoms with van der Waals surface area (Å²) in [6.45, 7) is 1.45. The number of piperidine rings is 1. The first-order valence-electron chi connectivity index (χ1n) is 5.88. The minimum Gasteiger partial charge on any atom is -0.370 e. The molecule has 18 heavy (non-hydrogen) atoms. The highest BCUT2D eigenvalue weighted by molar-refractivity contribution is 14.1. The van der Waals surface area contributed by atoms with E-state index in [4.69, 9.17) is 5.73 Å². The van der Waals surface area contributed by atoms with Gasteiger partial charge in [-0.15, -0.1) is 11.3 Å². The number of thiophene rings is 1. The number of hydrogen-bond donors (Lipinski definition) is 1. The number of primary amides is 1. The van der Waals surface area contributed by atoms with Gasteiger partial charge in [-0.3, -0.25) is 9.59 Å². The van der Waals surface area contributed by atoms with Crippen molar-refractivity contribution >= 4 is 45.7 Å². The molecule has 0 spiro atoms. The lowest BCUT2D eigenvalue weighted by molar-refractivity contribution is -0.119. The molecule has 0 atom stereocenters. The summed E-state index contributed by atoms with van der Waals surface area (Å²) in [5, 5.41) is 1.90. The monoisotopic (exact) mass is 378 g/mol. The Morgan fingerprint density at radius 1 is 1.44 bits per heavy atom. The maximum atomic E-state index is 12.2. The molecule has 2 N–H and O–H groups in total. The van der Waals surface area contributed by atoms with E-state index in [1.807, 2.05) is 16.3 Å². The molecule has 1 fully saturated rings. The molecule has 2 rings (SSSR count). The van der Waals surface area contributed by atoms with Crippen molar-refractivity contribution in [1.29, 1.82) is 0 Å². The van der Waals surface area contributed by atoms with Gasteiger partial charge < -0.3 is 10.6 Å². The van der Waals surface area contributed by atoms with Crippen LogP contribution < -0.4 is 5.73 Å². The Morgan fingerprint density at radius 2 is 2.11 bits per heavy atom. The average molecular weight is 378 g/mol. The van der Waals surface area contributed by atoms with Gasteiger partial charge in [0.25, 0.3) is 5.91 Å². The van der Waals surface area contributed by atoms with Gasteiger partial charge >= 0.3 is 0 Å². The topological polar surface area (TPSA) is 63.4 Å². The zero-order valence-electron chi connectivity index (χ0n) is 9.89. The molecule has 0 unspecified atom stereocenters. The van der Waals surface area contributed by atoms with E-state index in [1.165, 1.54) is 0 Å². The zero-order valence-corrected chi connectivity index (χ0v) is 12.9. The van der Waals surface area contributed by atoms with Crippen LogP contribution in [0.2, 0.25) is 0 Å². The van der Waals surface area contributed by atoms with Crippen LogP contribution in [0.25, 0.3) is 0 Å². The number of nitrogens with two attached hydrogens (primary N) is 1. The van der Waals surface area contributed by atoms with Crippen molar-refractivity contribution in [2.45, 2.75) is 19.3 Å². The summed E-state index contributed by atoms with van der Waals surface area (Å²) in [6, 6.07) is 1.92. The summed E-state index contributed by atoms with van der Waals surface area (Å²) in [5.74, 6) is 0.202. The molecule has 4 nitrogen and oxygen atoms in total. The third-order valence-corrected chi connectivity index (χ3v) is 5.00. The second-order valence-electron chi connectivity index (χ2n) is 4.55. The van der Waals surface area contributed by atoms with Crippen molar-refractivity contribution in [2.75, 3.05) is 13.1 Å². The Morgan fingerprint density at radius 3 is 2.61 bits per heavy atom. The maximum absolute atomic E-state index is 12.2. The number of carbonyl (C=O) groups is 2. The number of amides is 2. The Bertz CT molecular complexity index is 453. The molecule has 0 bridgehead atoms. The van der Waals surface area contributed by atoms with E-state index >= 15 is 0 Å². The van der Waals surface area contributed by atoms with E-state index in [0.29, 0.717) is 12.3 Å². The van der Waals surface area contributed by atoms with Gasteiger partial charge in [0.15, 0.2) is 0 Å². The van der Waals surface area contributed by atoms with Crippen molar-refractivity contribution in [1.82, 2.24) is 4.90 Å². The number of rotatable bonds is 3. The van der Waals surface area contributed by atoms with Gasteiger partial charge in [-0.2, -0.15) is 0 Å². The molecule has 0 saturated carbocycles. The third-order valence-electron chi connectivity index (χ3n) is 3.21. The summed E-state index contributed by atoms with van der Waals surface area (Å²) in [7, 11) is 0. The van der Waals surface area contributed by atoms with Crippen LogP contribution in [0.15, 0.2) is 11.4 Å². The van der Waals surface area contributed by atoms with Crippen LogP contribution in [0.1, 0.15) is 29.6 Å². The van der Waals surface area contributed by atoms with E-state index in [1.54, 1.807) is 11.3 Å². The van der Waals surface area contributed by atoms with Crippen LogP contribution in [-0.4, -0.2) is 29.8 Å². The molecule has 2 heterocycles. The number of nitrogens with zero attached hydrogens (tertiary/aromatic N) is 1. The molecule has 0 aromatic carbocycles. The van der Waals surface area contributed by atoms with Gasteiger partial charge in [-0.25, -0.2) is 0 Å². The minimum atomic E-state index is -0.243. The fourth-order valence-electron chi connectivity index (χ4n) is 2.23. The van der Waals surface area contributed by atoms with Crippen LogP contribution in [-0.2, 0) is 4.79 Å². The summed E-state index contributed by atoms with van der Waals surface area (Å²) >= 11 is 3.80. The van der Waals surface area contributed by atoms with E-state index in [9.17, 15) is 9.59 Å². The summed E-state index contributed by atoms with van der Waals surface area (Å²) in [6.07, 6.45) is 2.18. The molecular weight excluding hydrogens is 363 g/mol. The third kappa shape index (κ3) is 3.44. The van der Waals surface area contributed by atoms with Crippen LogP contribution in [0.3, 0.4) is 0 Å². The van der Waals surface area contributed by atoms with Crippen molar-refractivity contribution in [3.05, 3.63) is 19.9 Å². The smallest absolute Gasteiger partial charge is 0.254 e. The lowest BCUT2D eigenvalue weighted by Crippen LogP contribution is -2.39. The first kappa shape index (κ1) is 13.8. The zero-order chi connectivity index (χ0) is 13.1. The molecule has 6 heteroatoms. The molecule has 0 aliphatic carbocycles. The van der Waals surface area contributed by atoms with Gasteiger partial charge in [-0.05, 0) is 47.4 Å². The summed E-state index contributed by atoms with van der Waals surface area (Å²) in [5.41, 5.74) is 5.97. The quantitative estimate of drug-likeness (QED) is 0.819. The molecule has 2 amide bonds. The Kier molecular flexibility index (Phi) is 4.60. The second kappa shape index (κ2) is 6.01. The lowest BCUT2D eigenvalue weighted by atomic mass is 9.93. The van der Waals surface area contributed by atoms with Crippen LogP contribution in [0, 0.1) is 8.80 Å². The van der Waals surface area contributed by atoms with Crippen molar-refractivity contribution in [3.63, 3.8) is 0 Å². The number of likely N-dealkylation sites (tertiary alicyclic amines) is 1. The molecule has 98 valence electrons. The van der Waals surface area contributed by atoms with Crippen molar-refractivity contribution < 1.29 is 9.59 Å².